The summed E-state index contributed by atoms with van der Waals surface area (Å²) in [6.45, 7) is 15.1. The van der Waals surface area contributed by atoms with Crippen molar-refractivity contribution in [2.75, 3.05) is 0 Å². The van der Waals surface area contributed by atoms with Gasteiger partial charge in [-0.15, -0.1) is 0 Å². The van der Waals surface area contributed by atoms with Crippen LogP contribution >= 0.6 is 11.7 Å². The predicted octanol–water partition coefficient (Wildman–Crippen LogP) is 11.0. The Labute approximate surface area is 356 Å². The van der Waals surface area contributed by atoms with Gasteiger partial charge in [-0.05, 0) is 120 Å². The first-order valence-electron chi connectivity index (χ1n) is 20.7. The molecule has 0 saturated carbocycles. The summed E-state index contributed by atoms with van der Waals surface area (Å²) in [5.74, 6) is 2.62. The first-order chi connectivity index (χ1) is 29.8. The summed E-state index contributed by atoms with van der Waals surface area (Å²) < 4.78 is 4.39. The first kappa shape index (κ1) is 36.8. The summed E-state index contributed by atoms with van der Waals surface area (Å²) in [6.07, 6.45) is 9.74. The van der Waals surface area contributed by atoms with Gasteiger partial charge < -0.3 is 0 Å². The number of amidine groups is 1. The third-order valence-corrected chi connectivity index (χ3v) is 13.2. The van der Waals surface area contributed by atoms with Crippen LogP contribution in [0.4, 0.5) is 0 Å². The quantitative estimate of drug-likeness (QED) is 0.178. The maximum Gasteiger partial charge on any atom is 0.164 e. The minimum Gasteiger partial charge on any atom is -0.238 e. The molecule has 4 aliphatic rings. The number of hydrogen-bond donors (Lipinski definition) is 0. The van der Waals surface area contributed by atoms with Gasteiger partial charge in [-0.3, -0.25) is 0 Å². The van der Waals surface area contributed by atoms with Crippen LogP contribution < -0.4 is 15.9 Å². The second kappa shape index (κ2) is 14.2. The van der Waals surface area contributed by atoms with Crippen LogP contribution in [0.25, 0.3) is 89.6 Å². The highest BCUT2D eigenvalue weighted by molar-refractivity contribution is 7.01. The van der Waals surface area contributed by atoms with E-state index in [2.05, 4.69) is 182 Å². The molecule has 11 rings (SSSR count). The summed E-state index contributed by atoms with van der Waals surface area (Å²) in [5, 5.41) is 10.8. The average molecular weight is 808 g/mol. The molecule has 0 aliphatic carbocycles. The SMILES string of the molecule is C=C1N=C(/N=c2/c3cc4ccccc4cc3c3nc4nc(nc5c6cc(C)c(/C=C\CC)cc6c(C)n5sn2-3)C(C)=C4/C=c2/cccc/c2=C/C)c2cc3ccccc3cc21. The lowest BCUT2D eigenvalue weighted by Crippen LogP contribution is -2.23. The Morgan fingerprint density at radius 1 is 0.705 bits per heavy atom. The fraction of sp³-hybridized carbons (Fsp3) is 0.113. The molecule has 61 heavy (non-hydrogen) atoms. The molecule has 4 aliphatic heterocycles. The highest BCUT2D eigenvalue weighted by atomic mass is 32.1. The number of nitrogens with zero attached hydrogens (tertiary/aromatic N) is 7. The lowest BCUT2D eigenvalue weighted by Gasteiger charge is -2.04. The van der Waals surface area contributed by atoms with E-state index in [0.717, 1.165) is 105 Å². The largest absolute Gasteiger partial charge is 0.238 e. The van der Waals surface area contributed by atoms with Crippen LogP contribution in [0.15, 0.2) is 132 Å². The Bertz CT molecular complexity index is 3760. The van der Waals surface area contributed by atoms with Gasteiger partial charge in [-0.25, -0.2) is 32.7 Å². The lowest BCUT2D eigenvalue weighted by molar-refractivity contribution is 1.01. The van der Waals surface area contributed by atoms with Gasteiger partial charge in [0.2, 0.25) is 0 Å². The van der Waals surface area contributed by atoms with E-state index in [0.29, 0.717) is 23.2 Å². The summed E-state index contributed by atoms with van der Waals surface area (Å²) >= 11 is 1.55. The van der Waals surface area contributed by atoms with Crippen LogP contribution in [-0.4, -0.2) is 28.5 Å². The summed E-state index contributed by atoms with van der Waals surface area (Å²) in [7, 11) is 0. The van der Waals surface area contributed by atoms with Gasteiger partial charge in [0.1, 0.15) is 0 Å². The monoisotopic (exact) mass is 807 g/mol. The summed E-state index contributed by atoms with van der Waals surface area (Å²) in [4.78, 5) is 26.9. The molecule has 6 aromatic carbocycles. The molecule has 8 heteroatoms. The zero-order chi connectivity index (χ0) is 41.5. The first-order valence-corrected chi connectivity index (χ1v) is 21.5. The van der Waals surface area contributed by atoms with Crippen LogP contribution in [0.1, 0.15) is 66.8 Å². The predicted molar refractivity (Wildman–Crippen MR) is 256 cm³/mol. The standard InChI is InChI=1S/C53H41N7S/c1-7-9-16-35-24-43-33(6)59-51(45(43)23-30(35)3)56-48-31(4)41(25-36-18-11-10-17-34(36)8-2)49(55-48)57-52-46-28-39-21-14-15-22-40(39)29-47(46)53(60(52)61-59)58-50-44-27-38-20-13-12-19-37(38)26-42(44)32(5)54-50/h8-29H,5,7H2,1-4,6H3/b16-9-,34-8-,36-25-,56-48?,57-52?,58-53-. The zero-order valence-corrected chi connectivity index (χ0v) is 35.5. The molecule has 0 N–H and O–H groups in total. The van der Waals surface area contributed by atoms with Crippen LogP contribution in [-0.2, 0) is 0 Å². The molecule has 0 amide bonds. The molecule has 0 spiro atoms. The molecule has 7 nitrogen and oxygen atoms in total. The molecule has 294 valence electrons. The van der Waals surface area contributed by atoms with E-state index in [-0.39, 0.29) is 0 Å². The highest BCUT2D eigenvalue weighted by Crippen LogP contribution is 2.36. The molecular formula is C53H41N7S. The number of fused-ring (bicyclic) bond motifs is 11. The molecule has 0 unspecified atom stereocenters. The molecule has 7 aromatic rings. The lowest BCUT2D eigenvalue weighted by atomic mass is 10.0. The second-order valence-electron chi connectivity index (χ2n) is 15.9. The van der Waals surface area contributed by atoms with Crippen LogP contribution in [0.2, 0.25) is 0 Å². The summed E-state index contributed by atoms with van der Waals surface area (Å²) in [5.41, 5.74) is 9.53. The van der Waals surface area contributed by atoms with Gasteiger partial charge >= 0.3 is 0 Å². The van der Waals surface area contributed by atoms with Crippen molar-refractivity contribution in [1.82, 2.24) is 22.7 Å². The smallest absolute Gasteiger partial charge is 0.164 e. The van der Waals surface area contributed by atoms with E-state index in [4.69, 9.17) is 24.9 Å². The van der Waals surface area contributed by atoms with Gasteiger partial charge in [0.05, 0.1) is 5.70 Å². The molecule has 1 aromatic heterocycles. The normalized spacial score (nSPS) is 14.7. The Balaban J connectivity index is 1.33. The molecule has 0 saturated heterocycles. The van der Waals surface area contributed by atoms with Crippen molar-refractivity contribution in [3.8, 4) is 5.82 Å². The molecule has 0 atom stereocenters. The minimum absolute atomic E-state index is 0.607. The van der Waals surface area contributed by atoms with Crippen molar-refractivity contribution in [3.05, 3.63) is 177 Å². The zero-order valence-electron chi connectivity index (χ0n) is 34.7. The Morgan fingerprint density at radius 2 is 1.38 bits per heavy atom. The molecule has 0 radical (unpaired) electrons. The minimum atomic E-state index is 0.607. The topological polar surface area (TPSA) is 72.7 Å². The number of aliphatic imine (C=N–C) groups is 1. The van der Waals surface area contributed by atoms with E-state index in [1.54, 1.807) is 11.7 Å². The van der Waals surface area contributed by atoms with Gasteiger partial charge in [0.25, 0.3) is 0 Å². The van der Waals surface area contributed by atoms with E-state index < -0.39 is 0 Å². The second-order valence-corrected chi connectivity index (χ2v) is 16.8. The number of allylic oxidation sites excluding steroid dienone is 3. The number of hydrogen-bond acceptors (Lipinski definition) is 6. The Morgan fingerprint density at radius 3 is 2.10 bits per heavy atom. The van der Waals surface area contributed by atoms with E-state index in [1.807, 2.05) is 0 Å². The maximum atomic E-state index is 5.57. The van der Waals surface area contributed by atoms with Crippen molar-refractivity contribution >= 4 is 101 Å². The van der Waals surface area contributed by atoms with Crippen molar-refractivity contribution in [2.24, 2.45) is 9.98 Å². The van der Waals surface area contributed by atoms with Gasteiger partial charge in [0.15, 0.2) is 34.4 Å². The third-order valence-electron chi connectivity index (χ3n) is 12.1. The Kier molecular flexibility index (Phi) is 8.54. The van der Waals surface area contributed by atoms with Gasteiger partial charge in [0, 0.05) is 61.2 Å². The van der Waals surface area contributed by atoms with Gasteiger partial charge in [-0.1, -0.05) is 105 Å². The number of rotatable bonds is 3. The maximum absolute atomic E-state index is 5.57. The number of benzene rings is 6. The Hall–Kier alpha value is -7.29. The van der Waals surface area contributed by atoms with Crippen molar-refractivity contribution in [2.45, 2.75) is 41.0 Å². The fourth-order valence-electron chi connectivity index (χ4n) is 8.77. The van der Waals surface area contributed by atoms with E-state index in [9.17, 15) is 0 Å². The van der Waals surface area contributed by atoms with E-state index >= 15 is 0 Å². The van der Waals surface area contributed by atoms with Gasteiger partial charge in [-0.2, -0.15) is 0 Å². The van der Waals surface area contributed by atoms with Crippen LogP contribution in [0.5, 0.6) is 0 Å². The van der Waals surface area contributed by atoms with Crippen molar-refractivity contribution in [1.29, 1.82) is 0 Å². The fourth-order valence-corrected chi connectivity index (χ4v) is 9.81. The number of aromatic nitrogens is 5. The average Bonchev–Trinajstić information content (AvgIpc) is 3.92. The van der Waals surface area contributed by atoms with Crippen molar-refractivity contribution < 1.29 is 0 Å². The molecule has 5 heterocycles. The number of aryl methyl sites for hydroxylation is 2. The molecule has 0 fully saturated rings. The van der Waals surface area contributed by atoms with Crippen LogP contribution in [0.3, 0.4) is 0 Å². The highest BCUT2D eigenvalue weighted by Gasteiger charge is 2.26. The molecule has 2 bridgehead atoms. The third kappa shape index (κ3) is 5.89. The molecular weight excluding hydrogens is 767 g/mol. The van der Waals surface area contributed by atoms with E-state index in [1.165, 1.54) is 11.1 Å². The summed E-state index contributed by atoms with van der Waals surface area (Å²) in [6, 6.07) is 38.7. The van der Waals surface area contributed by atoms with Crippen molar-refractivity contribution in [3.63, 3.8) is 0 Å². The van der Waals surface area contributed by atoms with Crippen LogP contribution in [0, 0.1) is 13.8 Å².